The number of carbonyl (C=O) groups is 1. The molecule has 0 saturated heterocycles. The third-order valence-electron chi connectivity index (χ3n) is 2.66. The van der Waals surface area contributed by atoms with Crippen molar-refractivity contribution >= 4 is 11.6 Å². The Balaban J connectivity index is 2.68. The van der Waals surface area contributed by atoms with Crippen molar-refractivity contribution in [3.8, 4) is 0 Å². The number of anilines is 1. The Morgan fingerprint density at radius 2 is 2.15 bits per heavy atom. The molecule has 1 aliphatic heterocycles. The molecule has 1 aromatic carbocycles. The lowest BCUT2D eigenvalue weighted by molar-refractivity contribution is -0.121. The smallest absolute Gasteiger partial charge is 0.236 e. The molecule has 0 unspecified atom stereocenters. The Morgan fingerprint density at radius 3 is 2.77 bits per heavy atom. The van der Waals surface area contributed by atoms with Crippen molar-refractivity contribution in [2.24, 2.45) is 0 Å². The second-order valence-electron chi connectivity index (χ2n) is 3.92. The summed E-state index contributed by atoms with van der Waals surface area (Å²) >= 11 is 0. The van der Waals surface area contributed by atoms with Gasteiger partial charge in [-0.05, 0) is 31.5 Å². The van der Waals surface area contributed by atoms with Gasteiger partial charge in [-0.1, -0.05) is 12.1 Å². The van der Waals surface area contributed by atoms with Gasteiger partial charge in [-0.15, -0.1) is 0 Å². The maximum absolute atomic E-state index is 11.8. The molecule has 0 N–H and O–H groups in total. The van der Waals surface area contributed by atoms with Gasteiger partial charge in [-0.25, -0.2) is 0 Å². The Bertz CT molecular complexity index is 368. The van der Waals surface area contributed by atoms with Gasteiger partial charge in [0.25, 0.3) is 0 Å². The first kappa shape index (κ1) is 8.30. The lowest BCUT2D eigenvalue weighted by atomic mass is 9.86. The van der Waals surface area contributed by atoms with Crippen LogP contribution in [0.15, 0.2) is 18.2 Å². The van der Waals surface area contributed by atoms with Crippen molar-refractivity contribution in [3.63, 3.8) is 0 Å². The van der Waals surface area contributed by atoms with Crippen LogP contribution < -0.4 is 4.90 Å². The maximum atomic E-state index is 11.8. The monoisotopic (exact) mass is 174 g/mol. The molecular weight excluding hydrogens is 162 g/mol. The van der Waals surface area contributed by atoms with Crippen molar-refractivity contribution in [1.29, 1.82) is 0 Å². The predicted octanol–water partition coefficient (Wildman–Crippen LogP) is 1.74. The van der Waals surface area contributed by atoms with Crippen LogP contribution in [0.3, 0.4) is 0 Å². The highest BCUT2D eigenvalue weighted by atomic mass is 16.2. The highest BCUT2D eigenvalue weighted by Gasteiger charge is 2.41. The molecule has 0 spiro atoms. The average molecular weight is 174 g/mol. The molecule has 0 bridgehead atoms. The molecular formula is C11H12NO. The fraction of sp³-hybridized carbons (Fsp3) is 0.364. The predicted molar refractivity (Wildman–Crippen MR) is 51.7 cm³/mol. The molecule has 0 saturated carbocycles. The number of hydrogen-bond acceptors (Lipinski definition) is 1. The molecule has 1 aromatic rings. The summed E-state index contributed by atoms with van der Waals surface area (Å²) in [6, 6.07) is 8.86. The number of fused-ring (bicyclic) bond motifs is 1. The first-order valence-corrected chi connectivity index (χ1v) is 4.34. The van der Waals surface area contributed by atoms with E-state index < -0.39 is 5.41 Å². The summed E-state index contributed by atoms with van der Waals surface area (Å²) < 4.78 is 0. The van der Waals surface area contributed by atoms with Crippen LogP contribution in [0.5, 0.6) is 0 Å². The molecule has 67 valence electrons. The summed E-state index contributed by atoms with van der Waals surface area (Å²) in [6.45, 7) is 3.88. The van der Waals surface area contributed by atoms with Gasteiger partial charge in [0.15, 0.2) is 0 Å². The molecule has 0 aromatic heterocycles. The van der Waals surface area contributed by atoms with Crippen molar-refractivity contribution in [2.75, 3.05) is 11.9 Å². The largest absolute Gasteiger partial charge is 0.314 e. The lowest BCUT2D eigenvalue weighted by Gasteiger charge is -2.16. The van der Waals surface area contributed by atoms with Crippen LogP contribution in [0, 0.1) is 6.07 Å². The second kappa shape index (κ2) is 2.34. The van der Waals surface area contributed by atoms with Gasteiger partial charge in [-0.3, -0.25) is 4.79 Å². The van der Waals surface area contributed by atoms with Gasteiger partial charge < -0.3 is 4.90 Å². The minimum atomic E-state index is -0.411. The van der Waals surface area contributed by atoms with Crippen molar-refractivity contribution in [3.05, 3.63) is 29.8 Å². The molecule has 1 aliphatic rings. The van der Waals surface area contributed by atoms with Crippen LogP contribution in [-0.2, 0) is 10.2 Å². The van der Waals surface area contributed by atoms with Gasteiger partial charge in [-0.2, -0.15) is 0 Å². The summed E-state index contributed by atoms with van der Waals surface area (Å²) in [7, 11) is 1.81. The van der Waals surface area contributed by atoms with Gasteiger partial charge in [0, 0.05) is 12.7 Å². The Hall–Kier alpha value is -1.31. The molecule has 0 fully saturated rings. The molecule has 1 amide bonds. The van der Waals surface area contributed by atoms with E-state index in [1.54, 1.807) is 4.90 Å². The molecule has 2 heteroatoms. The molecule has 13 heavy (non-hydrogen) atoms. The molecule has 0 atom stereocenters. The Morgan fingerprint density at radius 1 is 1.46 bits per heavy atom. The quantitative estimate of drug-likeness (QED) is 0.586. The Labute approximate surface area is 78.2 Å². The number of nitrogens with zero attached hydrogens (tertiary/aromatic N) is 1. The number of hydrogen-bond donors (Lipinski definition) is 0. The van der Waals surface area contributed by atoms with Gasteiger partial charge in [0.1, 0.15) is 0 Å². The number of amides is 1. The van der Waals surface area contributed by atoms with Crippen LogP contribution >= 0.6 is 0 Å². The zero-order valence-electron chi connectivity index (χ0n) is 8.09. The van der Waals surface area contributed by atoms with Gasteiger partial charge in [0.2, 0.25) is 5.91 Å². The van der Waals surface area contributed by atoms with Crippen molar-refractivity contribution < 1.29 is 4.79 Å². The first-order valence-electron chi connectivity index (χ1n) is 4.34. The second-order valence-corrected chi connectivity index (χ2v) is 3.92. The van der Waals surface area contributed by atoms with E-state index in [2.05, 4.69) is 6.07 Å². The summed E-state index contributed by atoms with van der Waals surface area (Å²) in [5, 5.41) is 0. The van der Waals surface area contributed by atoms with E-state index in [0.29, 0.717) is 0 Å². The fourth-order valence-corrected chi connectivity index (χ4v) is 1.84. The van der Waals surface area contributed by atoms with Crippen LogP contribution in [0.4, 0.5) is 5.69 Å². The van der Waals surface area contributed by atoms with Gasteiger partial charge in [0.05, 0.1) is 5.41 Å². The van der Waals surface area contributed by atoms with E-state index >= 15 is 0 Å². The highest BCUT2D eigenvalue weighted by molar-refractivity contribution is 6.06. The van der Waals surface area contributed by atoms with Crippen LogP contribution in [0.2, 0.25) is 0 Å². The zero-order valence-corrected chi connectivity index (χ0v) is 8.09. The van der Waals surface area contributed by atoms with Crippen molar-refractivity contribution in [1.82, 2.24) is 0 Å². The third-order valence-corrected chi connectivity index (χ3v) is 2.66. The first-order chi connectivity index (χ1) is 6.05. The fourth-order valence-electron chi connectivity index (χ4n) is 1.84. The van der Waals surface area contributed by atoms with E-state index in [1.165, 1.54) is 0 Å². The zero-order chi connectivity index (χ0) is 9.64. The third kappa shape index (κ3) is 0.916. The van der Waals surface area contributed by atoms with Crippen LogP contribution in [0.25, 0.3) is 0 Å². The van der Waals surface area contributed by atoms with Crippen LogP contribution in [0.1, 0.15) is 19.4 Å². The molecule has 1 heterocycles. The number of likely N-dealkylation sites (N-methyl/N-ethyl adjacent to an activating group) is 1. The van der Waals surface area contributed by atoms with E-state index in [0.717, 1.165) is 11.3 Å². The minimum absolute atomic E-state index is 0.143. The molecule has 0 aliphatic carbocycles. The summed E-state index contributed by atoms with van der Waals surface area (Å²) in [4.78, 5) is 13.5. The number of benzene rings is 1. The van der Waals surface area contributed by atoms with E-state index in [-0.39, 0.29) is 5.91 Å². The molecule has 2 rings (SSSR count). The summed E-state index contributed by atoms with van der Waals surface area (Å²) in [5.74, 6) is 0.143. The van der Waals surface area contributed by atoms with Gasteiger partial charge >= 0.3 is 0 Å². The standard InChI is InChI=1S/C11H12NO/c1-11(2)8-6-4-5-7-9(8)12(3)10(11)13/h4-5,7H,1-3H3. The topological polar surface area (TPSA) is 20.3 Å². The molecule has 2 nitrogen and oxygen atoms in total. The minimum Gasteiger partial charge on any atom is -0.314 e. The van der Waals surface area contributed by atoms with E-state index in [4.69, 9.17) is 0 Å². The average Bonchev–Trinajstić information content (AvgIpc) is 2.30. The summed E-state index contributed by atoms with van der Waals surface area (Å²) in [6.07, 6.45) is 0. The number of carbonyl (C=O) groups excluding carboxylic acids is 1. The highest BCUT2D eigenvalue weighted by Crippen LogP contribution is 2.39. The van der Waals surface area contributed by atoms with Crippen molar-refractivity contribution in [2.45, 2.75) is 19.3 Å². The van der Waals surface area contributed by atoms with E-state index in [9.17, 15) is 4.79 Å². The summed E-state index contributed by atoms with van der Waals surface area (Å²) in [5.41, 5.74) is 1.57. The normalized spacial score (nSPS) is 19.0. The van der Waals surface area contributed by atoms with Crippen LogP contribution in [-0.4, -0.2) is 13.0 Å². The lowest BCUT2D eigenvalue weighted by Crippen LogP contribution is -2.33. The maximum Gasteiger partial charge on any atom is 0.236 e. The SMILES string of the molecule is CN1C(=O)C(C)(C)c2[c]cccc21. The Kier molecular flexibility index (Phi) is 1.50. The van der Waals surface area contributed by atoms with E-state index in [1.807, 2.05) is 39.1 Å². The molecule has 1 radical (unpaired) electrons. The number of rotatable bonds is 0.